The van der Waals surface area contributed by atoms with Crippen LogP contribution in [-0.2, 0) is 0 Å². The van der Waals surface area contributed by atoms with Gasteiger partial charge in [-0.3, -0.25) is 0 Å². The molecule has 1 aromatic rings. The van der Waals surface area contributed by atoms with Gasteiger partial charge in [0.05, 0.1) is 0 Å². The third-order valence-corrected chi connectivity index (χ3v) is 4.21. The summed E-state index contributed by atoms with van der Waals surface area (Å²) in [6.07, 6.45) is 5.35. The molecule has 0 heterocycles. The van der Waals surface area contributed by atoms with Gasteiger partial charge in [-0.25, -0.2) is 0 Å². The summed E-state index contributed by atoms with van der Waals surface area (Å²) in [7, 11) is 0. The van der Waals surface area contributed by atoms with Crippen LogP contribution < -0.4 is 5.73 Å². The van der Waals surface area contributed by atoms with Crippen molar-refractivity contribution in [1.82, 2.24) is 0 Å². The van der Waals surface area contributed by atoms with Crippen molar-refractivity contribution < 1.29 is 0 Å². The summed E-state index contributed by atoms with van der Waals surface area (Å²) in [6.45, 7) is 3.16. The van der Waals surface area contributed by atoms with E-state index in [1.54, 1.807) is 0 Å². The molecule has 1 heteroatoms. The number of nitrogens with two attached hydrogens (primary N) is 1. The molecule has 1 saturated carbocycles. The molecule has 0 bridgehead atoms. The minimum Gasteiger partial charge on any atom is -0.330 e. The first-order chi connectivity index (χ1) is 7.85. The maximum absolute atomic E-state index is 5.92. The molecule has 1 aliphatic rings. The fraction of sp³-hybridized carbons (Fsp3) is 0.600. The maximum Gasteiger partial charge on any atom is -0.00430 e. The van der Waals surface area contributed by atoms with Gasteiger partial charge in [-0.2, -0.15) is 0 Å². The second-order valence-electron chi connectivity index (χ2n) is 5.10. The molecule has 2 N–H and O–H groups in total. The van der Waals surface area contributed by atoms with Gasteiger partial charge < -0.3 is 5.73 Å². The third kappa shape index (κ3) is 2.46. The standard InChI is InChI=1S/C15H23N/c1-2-12-8-9-14(11-16)15(10-12)13-6-4-3-5-7-13/h3-7,12,14-15H,2,8-11,16H2,1H3. The van der Waals surface area contributed by atoms with Gasteiger partial charge in [-0.05, 0) is 42.7 Å². The van der Waals surface area contributed by atoms with Crippen molar-refractivity contribution in [2.75, 3.05) is 6.54 Å². The lowest BCUT2D eigenvalue weighted by atomic mass is 9.70. The molecular weight excluding hydrogens is 194 g/mol. The summed E-state index contributed by atoms with van der Waals surface area (Å²) in [5, 5.41) is 0. The smallest absolute Gasteiger partial charge is 0.00430 e. The molecule has 0 saturated heterocycles. The van der Waals surface area contributed by atoms with Crippen molar-refractivity contribution in [1.29, 1.82) is 0 Å². The Morgan fingerprint density at radius 1 is 1.19 bits per heavy atom. The van der Waals surface area contributed by atoms with Crippen molar-refractivity contribution in [3.8, 4) is 0 Å². The number of rotatable bonds is 3. The predicted octanol–water partition coefficient (Wildman–Crippen LogP) is 3.56. The van der Waals surface area contributed by atoms with Gasteiger partial charge in [0.2, 0.25) is 0 Å². The summed E-state index contributed by atoms with van der Waals surface area (Å²) in [5.41, 5.74) is 7.41. The highest BCUT2D eigenvalue weighted by Crippen LogP contribution is 2.41. The minimum atomic E-state index is 0.699. The first-order valence-electron chi connectivity index (χ1n) is 6.60. The molecular formula is C15H23N. The molecule has 1 fully saturated rings. The van der Waals surface area contributed by atoms with E-state index in [-0.39, 0.29) is 0 Å². The molecule has 0 spiro atoms. The molecule has 1 aromatic carbocycles. The highest BCUT2D eigenvalue weighted by atomic mass is 14.6. The molecule has 3 unspecified atom stereocenters. The molecule has 1 nitrogen and oxygen atoms in total. The lowest BCUT2D eigenvalue weighted by Crippen LogP contribution is -2.28. The van der Waals surface area contributed by atoms with E-state index in [1.807, 2.05) is 0 Å². The van der Waals surface area contributed by atoms with Crippen LogP contribution in [0.1, 0.15) is 44.1 Å². The zero-order valence-electron chi connectivity index (χ0n) is 10.2. The average molecular weight is 217 g/mol. The normalized spacial score (nSPS) is 30.2. The van der Waals surface area contributed by atoms with Crippen molar-refractivity contribution in [2.45, 2.75) is 38.5 Å². The zero-order valence-corrected chi connectivity index (χ0v) is 10.2. The van der Waals surface area contributed by atoms with Crippen LogP contribution in [0.2, 0.25) is 0 Å². The Balaban J connectivity index is 2.15. The van der Waals surface area contributed by atoms with Crippen molar-refractivity contribution in [3.05, 3.63) is 35.9 Å². The summed E-state index contributed by atoms with van der Waals surface area (Å²) in [5.74, 6) is 2.31. The van der Waals surface area contributed by atoms with E-state index in [0.717, 1.165) is 12.5 Å². The quantitative estimate of drug-likeness (QED) is 0.823. The van der Waals surface area contributed by atoms with Gasteiger partial charge >= 0.3 is 0 Å². The molecule has 16 heavy (non-hydrogen) atoms. The van der Waals surface area contributed by atoms with Gasteiger partial charge in [0.25, 0.3) is 0 Å². The summed E-state index contributed by atoms with van der Waals surface area (Å²) in [4.78, 5) is 0. The highest BCUT2D eigenvalue weighted by Gasteiger charge is 2.29. The van der Waals surface area contributed by atoms with Gasteiger partial charge in [-0.1, -0.05) is 50.1 Å². The molecule has 88 valence electrons. The zero-order chi connectivity index (χ0) is 11.4. The van der Waals surface area contributed by atoms with Crippen molar-refractivity contribution in [2.24, 2.45) is 17.6 Å². The molecule has 0 aliphatic heterocycles. The second-order valence-corrected chi connectivity index (χ2v) is 5.10. The molecule has 0 amide bonds. The van der Waals surface area contributed by atoms with Crippen molar-refractivity contribution >= 4 is 0 Å². The molecule has 2 rings (SSSR count). The molecule has 0 radical (unpaired) electrons. The van der Waals surface area contributed by atoms with Gasteiger partial charge in [0.1, 0.15) is 0 Å². The van der Waals surface area contributed by atoms with E-state index in [9.17, 15) is 0 Å². The van der Waals surface area contributed by atoms with Crippen LogP contribution >= 0.6 is 0 Å². The minimum absolute atomic E-state index is 0.699. The highest BCUT2D eigenvalue weighted by molar-refractivity contribution is 5.21. The fourth-order valence-electron chi connectivity index (χ4n) is 3.08. The summed E-state index contributed by atoms with van der Waals surface area (Å²) in [6, 6.07) is 10.9. The maximum atomic E-state index is 5.92. The molecule has 0 aromatic heterocycles. The van der Waals surface area contributed by atoms with Crippen LogP contribution in [0.3, 0.4) is 0 Å². The monoisotopic (exact) mass is 217 g/mol. The Morgan fingerprint density at radius 2 is 1.94 bits per heavy atom. The number of hydrogen-bond donors (Lipinski definition) is 1. The van der Waals surface area contributed by atoms with Gasteiger partial charge in [0, 0.05) is 0 Å². The van der Waals surface area contributed by atoms with E-state index in [2.05, 4.69) is 37.3 Å². The van der Waals surface area contributed by atoms with Gasteiger partial charge in [-0.15, -0.1) is 0 Å². The van der Waals surface area contributed by atoms with Crippen molar-refractivity contribution in [3.63, 3.8) is 0 Å². The number of hydrogen-bond acceptors (Lipinski definition) is 1. The van der Waals surface area contributed by atoms with Crippen LogP contribution in [-0.4, -0.2) is 6.54 Å². The van der Waals surface area contributed by atoms with Crippen LogP contribution in [0.5, 0.6) is 0 Å². The number of benzene rings is 1. The lowest BCUT2D eigenvalue weighted by molar-refractivity contribution is 0.236. The Bertz CT molecular complexity index is 306. The van der Waals surface area contributed by atoms with E-state index in [1.165, 1.54) is 31.2 Å². The van der Waals surface area contributed by atoms with E-state index in [0.29, 0.717) is 11.8 Å². The van der Waals surface area contributed by atoms with Crippen LogP contribution in [0.25, 0.3) is 0 Å². The lowest BCUT2D eigenvalue weighted by Gasteiger charge is -2.35. The summed E-state index contributed by atoms with van der Waals surface area (Å²) < 4.78 is 0. The third-order valence-electron chi connectivity index (χ3n) is 4.21. The summed E-state index contributed by atoms with van der Waals surface area (Å²) >= 11 is 0. The topological polar surface area (TPSA) is 26.0 Å². The Hall–Kier alpha value is -0.820. The van der Waals surface area contributed by atoms with Crippen LogP contribution in [0, 0.1) is 11.8 Å². The molecule has 1 aliphatic carbocycles. The van der Waals surface area contributed by atoms with Crippen LogP contribution in [0.4, 0.5) is 0 Å². The predicted molar refractivity (Wildman–Crippen MR) is 69.4 cm³/mol. The average Bonchev–Trinajstić information content (AvgIpc) is 2.39. The first kappa shape index (κ1) is 11.7. The van der Waals surface area contributed by atoms with E-state index < -0.39 is 0 Å². The van der Waals surface area contributed by atoms with E-state index >= 15 is 0 Å². The second kappa shape index (κ2) is 5.49. The Kier molecular flexibility index (Phi) is 4.00. The SMILES string of the molecule is CCC1CCC(CN)C(c2ccccc2)C1. The van der Waals surface area contributed by atoms with Gasteiger partial charge in [0.15, 0.2) is 0 Å². The fourth-order valence-corrected chi connectivity index (χ4v) is 3.08. The van der Waals surface area contributed by atoms with Crippen LogP contribution in [0.15, 0.2) is 30.3 Å². The molecule has 3 atom stereocenters. The van der Waals surface area contributed by atoms with E-state index in [4.69, 9.17) is 5.73 Å². The first-order valence-corrected chi connectivity index (χ1v) is 6.60. The Morgan fingerprint density at radius 3 is 2.56 bits per heavy atom. The Labute approximate surface area is 99.0 Å². The largest absolute Gasteiger partial charge is 0.330 e.